The first-order chi connectivity index (χ1) is 10.3. The van der Waals surface area contributed by atoms with Crippen molar-refractivity contribution in [2.75, 3.05) is 6.61 Å². The Balaban J connectivity index is 2.03. The van der Waals surface area contributed by atoms with Crippen molar-refractivity contribution < 1.29 is 9.53 Å². The molecule has 0 bridgehead atoms. The molecule has 1 unspecified atom stereocenters. The summed E-state index contributed by atoms with van der Waals surface area (Å²) in [6.07, 6.45) is 9.86. The van der Waals surface area contributed by atoms with Gasteiger partial charge in [0.1, 0.15) is 0 Å². The summed E-state index contributed by atoms with van der Waals surface area (Å²) in [5.74, 6) is -0.342. The molecule has 0 radical (unpaired) electrons. The van der Waals surface area contributed by atoms with Gasteiger partial charge >= 0.3 is 5.97 Å². The molecule has 118 valence electrons. The molecule has 0 saturated heterocycles. The second-order valence-electron chi connectivity index (χ2n) is 5.42. The van der Waals surface area contributed by atoms with Crippen LogP contribution in [0.4, 0.5) is 0 Å². The summed E-state index contributed by atoms with van der Waals surface area (Å²) in [6, 6.07) is 9.33. The Hall–Kier alpha value is -1.02. The van der Waals surface area contributed by atoms with Crippen molar-refractivity contribution in [3.63, 3.8) is 0 Å². The van der Waals surface area contributed by atoms with Crippen LogP contribution in [-0.2, 0) is 9.53 Å². The van der Waals surface area contributed by atoms with Gasteiger partial charge in [0.25, 0.3) is 0 Å². The third-order valence-corrected chi connectivity index (χ3v) is 3.97. The lowest BCUT2D eigenvalue weighted by atomic mass is 10.1. The molecular weight excluding hydrogens is 284 g/mol. The van der Waals surface area contributed by atoms with Crippen LogP contribution in [0.2, 0.25) is 0 Å². The van der Waals surface area contributed by atoms with E-state index in [1.54, 1.807) is 0 Å². The molecule has 1 atom stereocenters. The first-order valence-electron chi connectivity index (χ1n) is 8.11. The molecule has 0 amide bonds. The van der Waals surface area contributed by atoms with Crippen LogP contribution in [0.1, 0.15) is 69.2 Å². The van der Waals surface area contributed by atoms with Crippen LogP contribution in [0.25, 0.3) is 0 Å². The van der Waals surface area contributed by atoms with Crippen LogP contribution in [0.15, 0.2) is 30.3 Å². The minimum atomic E-state index is -0.694. The predicted molar refractivity (Wildman–Crippen MR) is 88.6 cm³/mol. The number of hydrogen-bond donors (Lipinski definition) is 0. The molecule has 0 spiro atoms. The second kappa shape index (κ2) is 11.6. The highest BCUT2D eigenvalue weighted by Gasteiger charge is 2.18. The molecule has 0 fully saturated rings. The maximum atomic E-state index is 11.8. The highest BCUT2D eigenvalue weighted by Crippen LogP contribution is 2.21. The Labute approximate surface area is 133 Å². The minimum Gasteiger partial charge on any atom is -0.464 e. The van der Waals surface area contributed by atoms with Crippen molar-refractivity contribution in [2.45, 2.75) is 63.7 Å². The molecular formula is C18H27ClO2. The molecule has 0 aliphatic carbocycles. The summed E-state index contributed by atoms with van der Waals surface area (Å²) in [5, 5.41) is -0.694. The third kappa shape index (κ3) is 8.11. The first-order valence-corrected chi connectivity index (χ1v) is 8.55. The van der Waals surface area contributed by atoms with E-state index in [1.807, 2.05) is 30.3 Å². The van der Waals surface area contributed by atoms with Gasteiger partial charge in [0.15, 0.2) is 5.38 Å². The van der Waals surface area contributed by atoms with Crippen molar-refractivity contribution in [1.29, 1.82) is 0 Å². The number of halogens is 1. The smallest absolute Gasteiger partial charge is 0.328 e. The van der Waals surface area contributed by atoms with Gasteiger partial charge in [-0.25, -0.2) is 0 Å². The lowest BCUT2D eigenvalue weighted by molar-refractivity contribution is -0.143. The molecule has 0 heterocycles. The zero-order valence-corrected chi connectivity index (χ0v) is 13.8. The highest BCUT2D eigenvalue weighted by atomic mass is 35.5. The van der Waals surface area contributed by atoms with Gasteiger partial charge < -0.3 is 4.74 Å². The van der Waals surface area contributed by atoms with Crippen molar-refractivity contribution in [2.24, 2.45) is 0 Å². The normalized spacial score (nSPS) is 12.1. The summed E-state index contributed by atoms with van der Waals surface area (Å²) in [7, 11) is 0. The van der Waals surface area contributed by atoms with Crippen LogP contribution in [0.5, 0.6) is 0 Å². The lowest BCUT2D eigenvalue weighted by Crippen LogP contribution is -2.12. The molecule has 0 N–H and O–H groups in total. The van der Waals surface area contributed by atoms with Gasteiger partial charge in [0.2, 0.25) is 0 Å². The summed E-state index contributed by atoms with van der Waals surface area (Å²) < 4.78 is 5.23. The monoisotopic (exact) mass is 310 g/mol. The number of rotatable bonds is 11. The summed E-state index contributed by atoms with van der Waals surface area (Å²) in [5.41, 5.74) is 0.792. The van der Waals surface area contributed by atoms with Gasteiger partial charge in [-0.05, 0) is 12.0 Å². The lowest BCUT2D eigenvalue weighted by Gasteiger charge is -2.10. The predicted octanol–water partition coefficient (Wildman–Crippen LogP) is 5.65. The number of benzene rings is 1. The first kappa shape index (κ1) is 18.0. The fourth-order valence-electron chi connectivity index (χ4n) is 2.24. The van der Waals surface area contributed by atoms with Crippen LogP contribution >= 0.6 is 11.6 Å². The van der Waals surface area contributed by atoms with Crippen LogP contribution < -0.4 is 0 Å². The van der Waals surface area contributed by atoms with Crippen LogP contribution in [0.3, 0.4) is 0 Å². The van der Waals surface area contributed by atoms with E-state index in [0.29, 0.717) is 6.61 Å². The molecule has 0 saturated carbocycles. The number of unbranched alkanes of at least 4 members (excludes halogenated alkanes) is 7. The summed E-state index contributed by atoms with van der Waals surface area (Å²) >= 11 is 6.09. The van der Waals surface area contributed by atoms with E-state index < -0.39 is 5.38 Å². The molecule has 3 heteroatoms. The number of alkyl halides is 1. The van der Waals surface area contributed by atoms with E-state index in [4.69, 9.17) is 16.3 Å². The van der Waals surface area contributed by atoms with Crippen molar-refractivity contribution in [3.05, 3.63) is 35.9 Å². The van der Waals surface area contributed by atoms with Crippen LogP contribution in [-0.4, -0.2) is 12.6 Å². The summed E-state index contributed by atoms with van der Waals surface area (Å²) in [4.78, 5) is 11.8. The quantitative estimate of drug-likeness (QED) is 0.300. The van der Waals surface area contributed by atoms with E-state index in [-0.39, 0.29) is 5.97 Å². The van der Waals surface area contributed by atoms with Crippen molar-refractivity contribution >= 4 is 17.6 Å². The van der Waals surface area contributed by atoms with E-state index in [9.17, 15) is 4.79 Å². The average Bonchev–Trinajstić information content (AvgIpc) is 2.53. The molecule has 21 heavy (non-hydrogen) atoms. The summed E-state index contributed by atoms with van der Waals surface area (Å²) in [6.45, 7) is 2.71. The second-order valence-corrected chi connectivity index (χ2v) is 5.85. The fraction of sp³-hybridized carbons (Fsp3) is 0.611. The zero-order chi connectivity index (χ0) is 15.3. The Morgan fingerprint density at radius 1 is 1.00 bits per heavy atom. The van der Waals surface area contributed by atoms with Gasteiger partial charge in [-0.15, -0.1) is 11.6 Å². The van der Waals surface area contributed by atoms with Gasteiger partial charge in [-0.1, -0.05) is 82.2 Å². The molecule has 1 aromatic rings. The van der Waals surface area contributed by atoms with Gasteiger partial charge in [0.05, 0.1) is 6.61 Å². The maximum absolute atomic E-state index is 11.8. The van der Waals surface area contributed by atoms with Crippen molar-refractivity contribution in [3.8, 4) is 0 Å². The van der Waals surface area contributed by atoms with Gasteiger partial charge in [0, 0.05) is 0 Å². The molecule has 2 nitrogen and oxygen atoms in total. The highest BCUT2D eigenvalue weighted by molar-refractivity contribution is 6.29. The fourth-order valence-corrected chi connectivity index (χ4v) is 2.45. The third-order valence-electron chi connectivity index (χ3n) is 3.54. The van der Waals surface area contributed by atoms with Gasteiger partial charge in [-0.2, -0.15) is 0 Å². The number of carbonyl (C=O) groups excluding carboxylic acids is 1. The topological polar surface area (TPSA) is 26.3 Å². The Kier molecular flexibility index (Phi) is 9.98. The van der Waals surface area contributed by atoms with E-state index in [2.05, 4.69) is 6.92 Å². The van der Waals surface area contributed by atoms with Crippen LogP contribution in [0, 0.1) is 0 Å². The number of ether oxygens (including phenoxy) is 1. The number of esters is 1. The molecule has 1 rings (SSSR count). The zero-order valence-electron chi connectivity index (χ0n) is 13.0. The van der Waals surface area contributed by atoms with E-state index in [1.165, 1.54) is 38.5 Å². The molecule has 0 aromatic heterocycles. The Bertz CT molecular complexity index is 378. The average molecular weight is 311 g/mol. The largest absolute Gasteiger partial charge is 0.464 e. The van der Waals surface area contributed by atoms with E-state index >= 15 is 0 Å². The number of carbonyl (C=O) groups is 1. The molecule has 0 aliphatic heterocycles. The molecule has 0 aliphatic rings. The van der Waals surface area contributed by atoms with Crippen molar-refractivity contribution in [1.82, 2.24) is 0 Å². The standard InChI is InChI=1S/C18H27ClO2/c1-2-3-4-5-6-7-8-12-15-21-18(20)17(19)16-13-10-9-11-14-16/h9-11,13-14,17H,2-8,12,15H2,1H3. The molecule has 1 aromatic carbocycles. The SMILES string of the molecule is CCCCCCCCCCOC(=O)C(Cl)c1ccccc1. The van der Waals surface area contributed by atoms with Gasteiger partial charge in [-0.3, -0.25) is 4.79 Å². The Morgan fingerprint density at radius 2 is 1.57 bits per heavy atom. The minimum absolute atomic E-state index is 0.342. The Morgan fingerprint density at radius 3 is 2.19 bits per heavy atom. The maximum Gasteiger partial charge on any atom is 0.328 e. The number of hydrogen-bond acceptors (Lipinski definition) is 2. The van der Waals surface area contributed by atoms with E-state index in [0.717, 1.165) is 18.4 Å².